The number of anilines is 3. The van der Waals surface area contributed by atoms with Gasteiger partial charge in [0.1, 0.15) is 0 Å². The van der Waals surface area contributed by atoms with E-state index in [1.807, 2.05) is 18.2 Å². The van der Waals surface area contributed by atoms with Crippen molar-refractivity contribution >= 4 is 17.1 Å². The number of nitrogen functional groups attached to an aromatic ring is 2. The van der Waals surface area contributed by atoms with E-state index >= 15 is 0 Å². The van der Waals surface area contributed by atoms with Crippen molar-refractivity contribution in [2.45, 2.75) is 26.2 Å². The molecule has 0 fully saturated rings. The van der Waals surface area contributed by atoms with Crippen LogP contribution in [0.5, 0.6) is 0 Å². The molecule has 108 valence electrons. The van der Waals surface area contributed by atoms with Gasteiger partial charge in [0.05, 0.1) is 38.1 Å². The first-order chi connectivity index (χ1) is 9.04. The lowest BCUT2D eigenvalue weighted by Crippen LogP contribution is -3.09. The molecule has 0 amide bonds. The zero-order valence-electron chi connectivity index (χ0n) is 12.6. The molecule has 0 bridgehead atoms. The topological polar surface area (TPSA) is 59.7 Å². The third-order valence-corrected chi connectivity index (χ3v) is 3.54. The molecule has 1 rings (SSSR count). The van der Waals surface area contributed by atoms with Crippen molar-refractivity contribution in [1.29, 1.82) is 0 Å². The Balaban J connectivity index is 2.40. The number of nitrogens with one attached hydrogen (secondary N) is 1. The molecule has 1 aromatic rings. The SMILES string of the molecule is CCCCC[NH+](C)CCN(C)c1ccc(N)cc1N. The van der Waals surface area contributed by atoms with Crippen LogP contribution in [0.25, 0.3) is 0 Å². The number of benzene rings is 1. The Hall–Kier alpha value is -1.42. The monoisotopic (exact) mass is 265 g/mol. The fraction of sp³-hybridized carbons (Fsp3) is 0.600. The lowest BCUT2D eigenvalue weighted by Gasteiger charge is -2.23. The van der Waals surface area contributed by atoms with Crippen LogP contribution in [0, 0.1) is 0 Å². The van der Waals surface area contributed by atoms with Crippen LogP contribution in [0.3, 0.4) is 0 Å². The molecule has 5 N–H and O–H groups in total. The lowest BCUT2D eigenvalue weighted by molar-refractivity contribution is -0.878. The molecular weight excluding hydrogens is 236 g/mol. The highest BCUT2D eigenvalue weighted by atomic mass is 15.2. The van der Waals surface area contributed by atoms with Crippen LogP contribution in [0.4, 0.5) is 17.1 Å². The molecule has 0 heterocycles. The Labute approximate surface area is 117 Å². The minimum absolute atomic E-state index is 0.719. The van der Waals surface area contributed by atoms with Gasteiger partial charge in [-0.3, -0.25) is 0 Å². The molecule has 0 aliphatic rings. The molecule has 0 saturated carbocycles. The van der Waals surface area contributed by atoms with Gasteiger partial charge in [-0.25, -0.2) is 0 Å². The molecule has 0 saturated heterocycles. The van der Waals surface area contributed by atoms with Gasteiger partial charge < -0.3 is 21.3 Å². The maximum atomic E-state index is 6.00. The average molecular weight is 265 g/mol. The fourth-order valence-corrected chi connectivity index (χ4v) is 2.20. The van der Waals surface area contributed by atoms with E-state index in [2.05, 4.69) is 25.9 Å². The molecule has 4 nitrogen and oxygen atoms in total. The summed E-state index contributed by atoms with van der Waals surface area (Å²) in [5.74, 6) is 0. The quantitative estimate of drug-likeness (QED) is 0.485. The summed E-state index contributed by atoms with van der Waals surface area (Å²) in [7, 11) is 4.34. The highest BCUT2D eigenvalue weighted by Crippen LogP contribution is 2.23. The van der Waals surface area contributed by atoms with Gasteiger partial charge in [0.25, 0.3) is 0 Å². The molecule has 19 heavy (non-hydrogen) atoms. The standard InChI is InChI=1S/C15H28N4/c1-4-5-6-9-18(2)10-11-19(3)15-8-7-13(16)12-14(15)17/h7-8,12H,4-6,9-11,16-17H2,1-3H3/p+1. The van der Waals surface area contributed by atoms with E-state index < -0.39 is 0 Å². The minimum Gasteiger partial charge on any atom is -0.399 e. The summed E-state index contributed by atoms with van der Waals surface area (Å²) in [6.07, 6.45) is 3.93. The summed E-state index contributed by atoms with van der Waals surface area (Å²) < 4.78 is 0. The lowest BCUT2D eigenvalue weighted by atomic mass is 10.2. The van der Waals surface area contributed by atoms with E-state index in [1.165, 1.54) is 25.8 Å². The summed E-state index contributed by atoms with van der Waals surface area (Å²) in [6, 6.07) is 5.72. The second kappa shape index (κ2) is 7.89. The van der Waals surface area contributed by atoms with Crippen molar-refractivity contribution in [3.05, 3.63) is 18.2 Å². The van der Waals surface area contributed by atoms with Crippen molar-refractivity contribution in [3.63, 3.8) is 0 Å². The normalized spacial score (nSPS) is 12.4. The highest BCUT2D eigenvalue weighted by molar-refractivity contribution is 5.71. The van der Waals surface area contributed by atoms with Crippen molar-refractivity contribution in [1.82, 2.24) is 0 Å². The average Bonchev–Trinajstić information content (AvgIpc) is 2.36. The fourth-order valence-electron chi connectivity index (χ4n) is 2.20. The van der Waals surface area contributed by atoms with Crippen molar-refractivity contribution in [2.75, 3.05) is 50.1 Å². The van der Waals surface area contributed by atoms with Gasteiger partial charge in [-0.05, 0) is 31.0 Å². The first-order valence-corrected chi connectivity index (χ1v) is 7.22. The Kier molecular flexibility index (Phi) is 6.50. The first-order valence-electron chi connectivity index (χ1n) is 7.22. The summed E-state index contributed by atoms with van der Waals surface area (Å²) in [5.41, 5.74) is 14.3. The van der Waals surface area contributed by atoms with Gasteiger partial charge in [0, 0.05) is 12.7 Å². The van der Waals surface area contributed by atoms with Crippen LogP contribution < -0.4 is 21.3 Å². The van der Waals surface area contributed by atoms with Crippen molar-refractivity contribution < 1.29 is 4.90 Å². The maximum Gasteiger partial charge on any atom is 0.0946 e. The molecule has 1 unspecified atom stereocenters. The molecule has 0 radical (unpaired) electrons. The number of hydrogen-bond donors (Lipinski definition) is 3. The van der Waals surface area contributed by atoms with Gasteiger partial charge in [-0.1, -0.05) is 13.3 Å². The number of rotatable bonds is 8. The third-order valence-electron chi connectivity index (χ3n) is 3.54. The largest absolute Gasteiger partial charge is 0.399 e. The molecule has 1 aromatic carbocycles. The van der Waals surface area contributed by atoms with Crippen molar-refractivity contribution in [3.8, 4) is 0 Å². The van der Waals surface area contributed by atoms with E-state index in [-0.39, 0.29) is 0 Å². The van der Waals surface area contributed by atoms with Crippen LogP contribution >= 0.6 is 0 Å². The van der Waals surface area contributed by atoms with Gasteiger partial charge in [0.15, 0.2) is 0 Å². The van der Waals surface area contributed by atoms with Crippen LogP contribution in [0.1, 0.15) is 26.2 Å². The number of nitrogens with two attached hydrogens (primary N) is 2. The highest BCUT2D eigenvalue weighted by Gasteiger charge is 2.08. The zero-order valence-corrected chi connectivity index (χ0v) is 12.6. The maximum absolute atomic E-state index is 6.00. The Morgan fingerprint density at radius 2 is 1.89 bits per heavy atom. The van der Waals surface area contributed by atoms with E-state index in [9.17, 15) is 0 Å². The summed E-state index contributed by atoms with van der Waals surface area (Å²) >= 11 is 0. The number of hydrogen-bond acceptors (Lipinski definition) is 3. The summed E-state index contributed by atoms with van der Waals surface area (Å²) in [5, 5.41) is 0. The van der Waals surface area contributed by atoms with Gasteiger partial charge in [-0.2, -0.15) is 0 Å². The number of quaternary nitrogens is 1. The predicted octanol–water partition coefficient (Wildman–Crippen LogP) is 0.992. The van der Waals surface area contributed by atoms with E-state index in [4.69, 9.17) is 11.5 Å². The number of nitrogens with zero attached hydrogens (tertiary/aromatic N) is 1. The van der Waals surface area contributed by atoms with Gasteiger partial charge >= 0.3 is 0 Å². The molecule has 0 aliphatic carbocycles. The minimum atomic E-state index is 0.719. The molecule has 0 aromatic heterocycles. The smallest absolute Gasteiger partial charge is 0.0946 e. The predicted molar refractivity (Wildman–Crippen MR) is 84.7 cm³/mol. The van der Waals surface area contributed by atoms with Crippen LogP contribution in [-0.4, -0.2) is 33.7 Å². The second-order valence-electron chi connectivity index (χ2n) is 5.40. The molecular formula is C15H29N4+. The molecule has 4 heteroatoms. The van der Waals surface area contributed by atoms with Gasteiger partial charge in [0.2, 0.25) is 0 Å². The molecule has 0 spiro atoms. The van der Waals surface area contributed by atoms with E-state index in [0.29, 0.717) is 0 Å². The molecule has 1 atom stereocenters. The third kappa shape index (κ3) is 5.39. The van der Waals surface area contributed by atoms with Gasteiger partial charge in [-0.15, -0.1) is 0 Å². The van der Waals surface area contributed by atoms with Crippen molar-refractivity contribution in [2.24, 2.45) is 0 Å². The first kappa shape index (κ1) is 15.6. The Morgan fingerprint density at radius 3 is 2.53 bits per heavy atom. The van der Waals surface area contributed by atoms with Crippen LogP contribution in [0.15, 0.2) is 18.2 Å². The Bertz CT molecular complexity index is 378. The van der Waals surface area contributed by atoms with Crippen LogP contribution in [-0.2, 0) is 0 Å². The van der Waals surface area contributed by atoms with E-state index in [0.717, 1.165) is 30.2 Å². The van der Waals surface area contributed by atoms with Crippen LogP contribution in [0.2, 0.25) is 0 Å². The summed E-state index contributed by atoms with van der Waals surface area (Å²) in [6.45, 7) is 5.63. The number of unbranched alkanes of at least 4 members (excludes halogenated alkanes) is 2. The summed E-state index contributed by atoms with van der Waals surface area (Å²) in [4.78, 5) is 3.78. The Morgan fingerprint density at radius 1 is 1.16 bits per heavy atom. The van der Waals surface area contributed by atoms with E-state index in [1.54, 1.807) is 4.90 Å². The number of likely N-dealkylation sites (N-methyl/N-ethyl adjacent to an activating group) is 2. The molecule has 0 aliphatic heterocycles. The second-order valence-corrected chi connectivity index (χ2v) is 5.40. The zero-order chi connectivity index (χ0) is 14.3.